The number of aromatic nitrogens is 4. The number of nitrogens with zero attached hydrogens (tertiary/aromatic N) is 3. The molecule has 5 nitrogen and oxygen atoms in total. The van der Waals surface area contributed by atoms with Crippen LogP contribution in [0.3, 0.4) is 0 Å². The minimum atomic E-state index is -4.68. The zero-order chi connectivity index (χ0) is 12.1. The highest BCUT2D eigenvalue weighted by Gasteiger charge is 2.35. The maximum atomic E-state index is 12.4. The maximum absolute atomic E-state index is 12.4. The van der Waals surface area contributed by atoms with Crippen LogP contribution in [0.25, 0.3) is 11.0 Å². The van der Waals surface area contributed by atoms with Crippen LogP contribution in [0.2, 0.25) is 0 Å². The van der Waals surface area contributed by atoms with E-state index in [-0.39, 0.29) is 11.0 Å². The molecular weight excluding hydrogens is 225 g/mol. The third-order valence-corrected chi connectivity index (χ3v) is 2.14. The minimum Gasteiger partial charge on any atom is -0.302 e. The molecule has 1 N–H and O–H groups in total. The van der Waals surface area contributed by atoms with Crippen LogP contribution in [0, 0.1) is 6.92 Å². The van der Waals surface area contributed by atoms with Crippen molar-refractivity contribution in [3.8, 4) is 0 Å². The molecule has 0 atom stereocenters. The lowest BCUT2D eigenvalue weighted by molar-refractivity contribution is -0.144. The van der Waals surface area contributed by atoms with Gasteiger partial charge in [-0.25, -0.2) is 9.67 Å². The number of hydrogen-bond acceptors (Lipinski definition) is 3. The van der Waals surface area contributed by atoms with Crippen molar-refractivity contribution in [3.05, 3.63) is 21.9 Å². The van der Waals surface area contributed by atoms with Gasteiger partial charge in [0.2, 0.25) is 5.82 Å². The molecule has 8 heteroatoms. The predicted molar refractivity (Wildman–Crippen MR) is 48.9 cm³/mol. The van der Waals surface area contributed by atoms with Gasteiger partial charge in [-0.1, -0.05) is 0 Å². The Hall–Kier alpha value is -1.86. The van der Waals surface area contributed by atoms with E-state index >= 15 is 0 Å². The van der Waals surface area contributed by atoms with Gasteiger partial charge in [-0.15, -0.1) is 0 Å². The van der Waals surface area contributed by atoms with Crippen molar-refractivity contribution < 1.29 is 13.2 Å². The molecule has 16 heavy (non-hydrogen) atoms. The zero-order valence-electron chi connectivity index (χ0n) is 8.38. The Morgan fingerprint density at radius 3 is 2.56 bits per heavy atom. The van der Waals surface area contributed by atoms with E-state index < -0.39 is 17.6 Å². The lowest BCUT2D eigenvalue weighted by atomic mass is 10.3. The van der Waals surface area contributed by atoms with E-state index in [0.717, 1.165) is 4.68 Å². The van der Waals surface area contributed by atoms with Crippen LogP contribution in [0.1, 0.15) is 11.5 Å². The summed E-state index contributed by atoms with van der Waals surface area (Å²) in [4.78, 5) is 16.5. The summed E-state index contributed by atoms with van der Waals surface area (Å²) in [6.45, 7) is 1.53. The lowest BCUT2D eigenvalue weighted by Gasteiger charge is -2.04. The number of H-pyrrole nitrogens is 1. The van der Waals surface area contributed by atoms with Crippen LogP contribution in [0.5, 0.6) is 0 Å². The van der Waals surface area contributed by atoms with E-state index in [9.17, 15) is 18.0 Å². The predicted octanol–water partition coefficient (Wildman–Crippen LogP) is 0.984. The molecule has 0 aliphatic rings. The molecular formula is C8H7F3N4O. The van der Waals surface area contributed by atoms with Gasteiger partial charge >= 0.3 is 6.18 Å². The van der Waals surface area contributed by atoms with Gasteiger partial charge in [0.1, 0.15) is 5.39 Å². The van der Waals surface area contributed by atoms with E-state index in [1.54, 1.807) is 4.98 Å². The van der Waals surface area contributed by atoms with Crippen molar-refractivity contribution in [2.75, 3.05) is 0 Å². The van der Waals surface area contributed by atoms with E-state index in [2.05, 4.69) is 10.1 Å². The van der Waals surface area contributed by atoms with E-state index in [4.69, 9.17) is 0 Å². The van der Waals surface area contributed by atoms with Gasteiger partial charge in [-0.3, -0.25) is 4.79 Å². The van der Waals surface area contributed by atoms with Gasteiger partial charge in [0, 0.05) is 7.05 Å². The van der Waals surface area contributed by atoms with Gasteiger partial charge < -0.3 is 4.98 Å². The molecule has 0 aromatic carbocycles. The summed E-state index contributed by atoms with van der Waals surface area (Å²) < 4.78 is 38.3. The summed E-state index contributed by atoms with van der Waals surface area (Å²) in [5.41, 5.74) is -0.559. The first kappa shape index (κ1) is 10.7. The fourth-order valence-corrected chi connectivity index (χ4v) is 1.48. The lowest BCUT2D eigenvalue weighted by Crippen LogP contribution is -2.19. The SMILES string of the molecule is Cc1nn(C)c2nc(C(F)(F)F)[nH]c(=O)c12. The highest BCUT2D eigenvalue weighted by molar-refractivity contribution is 5.76. The standard InChI is InChI=1S/C8H7F3N4O/c1-3-4-5(15(2)14-3)12-7(8(9,10)11)13-6(4)16/h1-2H3,(H,12,13,16). The van der Waals surface area contributed by atoms with Crippen molar-refractivity contribution in [2.45, 2.75) is 13.1 Å². The molecule has 0 saturated heterocycles. The number of aryl methyl sites for hydroxylation is 2. The molecule has 0 aliphatic carbocycles. The molecule has 0 saturated carbocycles. The maximum Gasteiger partial charge on any atom is 0.449 e. The topological polar surface area (TPSA) is 63.6 Å². The van der Waals surface area contributed by atoms with Gasteiger partial charge in [0.25, 0.3) is 5.56 Å². The number of fused-ring (bicyclic) bond motifs is 1. The molecule has 0 radical (unpaired) electrons. The van der Waals surface area contributed by atoms with Gasteiger partial charge in [-0.05, 0) is 6.92 Å². The van der Waals surface area contributed by atoms with Crippen LogP contribution in [0.4, 0.5) is 13.2 Å². The largest absolute Gasteiger partial charge is 0.449 e. The Morgan fingerprint density at radius 1 is 1.38 bits per heavy atom. The normalized spacial score (nSPS) is 12.3. The number of alkyl halides is 3. The summed E-state index contributed by atoms with van der Waals surface area (Å²) >= 11 is 0. The summed E-state index contributed by atoms with van der Waals surface area (Å²) in [6.07, 6.45) is -4.68. The molecule has 0 aliphatic heterocycles. The van der Waals surface area contributed by atoms with Gasteiger partial charge in [-0.2, -0.15) is 18.3 Å². The first-order chi connectivity index (χ1) is 7.30. The summed E-state index contributed by atoms with van der Waals surface area (Å²) in [5.74, 6) is -1.31. The molecule has 0 bridgehead atoms. The number of nitrogens with one attached hydrogen (secondary N) is 1. The van der Waals surface area contributed by atoms with Gasteiger partial charge in [0.15, 0.2) is 5.65 Å². The second-order valence-corrected chi connectivity index (χ2v) is 3.32. The number of halogens is 3. The van der Waals surface area contributed by atoms with Crippen molar-refractivity contribution in [1.29, 1.82) is 0 Å². The summed E-state index contributed by atoms with van der Waals surface area (Å²) in [5, 5.41) is 3.92. The number of hydrogen-bond donors (Lipinski definition) is 1. The Labute approximate surface area is 86.9 Å². The van der Waals surface area contributed by atoms with E-state index in [1.165, 1.54) is 14.0 Å². The van der Waals surface area contributed by atoms with Gasteiger partial charge in [0.05, 0.1) is 5.69 Å². The van der Waals surface area contributed by atoms with Crippen LogP contribution in [-0.4, -0.2) is 19.7 Å². The molecule has 0 spiro atoms. The van der Waals surface area contributed by atoms with Crippen molar-refractivity contribution >= 4 is 11.0 Å². The van der Waals surface area contributed by atoms with E-state index in [0.29, 0.717) is 5.69 Å². The zero-order valence-corrected chi connectivity index (χ0v) is 8.38. The molecule has 0 fully saturated rings. The molecule has 2 heterocycles. The molecule has 0 amide bonds. The van der Waals surface area contributed by atoms with Crippen molar-refractivity contribution in [1.82, 2.24) is 19.7 Å². The third-order valence-electron chi connectivity index (χ3n) is 2.14. The molecule has 2 rings (SSSR count). The van der Waals surface area contributed by atoms with Crippen molar-refractivity contribution in [2.24, 2.45) is 7.05 Å². The average Bonchev–Trinajstić information content (AvgIpc) is 2.41. The summed E-state index contributed by atoms with van der Waals surface area (Å²) in [6, 6.07) is 0. The van der Waals surface area contributed by atoms with Crippen LogP contribution in [0.15, 0.2) is 4.79 Å². The van der Waals surface area contributed by atoms with Crippen LogP contribution < -0.4 is 5.56 Å². The first-order valence-electron chi connectivity index (χ1n) is 4.31. The molecule has 2 aromatic rings. The first-order valence-corrected chi connectivity index (χ1v) is 4.31. The third kappa shape index (κ3) is 1.46. The summed E-state index contributed by atoms with van der Waals surface area (Å²) in [7, 11) is 1.43. The van der Waals surface area contributed by atoms with Crippen LogP contribution in [-0.2, 0) is 13.2 Å². The Balaban J connectivity index is 2.87. The smallest absolute Gasteiger partial charge is 0.302 e. The average molecular weight is 232 g/mol. The Morgan fingerprint density at radius 2 is 2.00 bits per heavy atom. The fourth-order valence-electron chi connectivity index (χ4n) is 1.48. The van der Waals surface area contributed by atoms with Crippen LogP contribution >= 0.6 is 0 Å². The second-order valence-electron chi connectivity index (χ2n) is 3.32. The highest BCUT2D eigenvalue weighted by Crippen LogP contribution is 2.26. The minimum absolute atomic E-state index is 0.0754. The number of aromatic amines is 1. The fraction of sp³-hybridized carbons (Fsp3) is 0.375. The molecule has 2 aromatic heterocycles. The monoisotopic (exact) mass is 232 g/mol. The molecule has 86 valence electrons. The van der Waals surface area contributed by atoms with E-state index in [1.807, 2.05) is 0 Å². The molecule has 0 unspecified atom stereocenters. The Bertz CT molecular complexity index is 610. The van der Waals surface area contributed by atoms with Crippen molar-refractivity contribution in [3.63, 3.8) is 0 Å². The second kappa shape index (κ2) is 3.06. The number of rotatable bonds is 0. The highest BCUT2D eigenvalue weighted by atomic mass is 19.4. The quantitative estimate of drug-likeness (QED) is 0.736. The Kier molecular flexibility index (Phi) is 2.04.